The van der Waals surface area contributed by atoms with E-state index in [1.807, 2.05) is 52.0 Å². The van der Waals surface area contributed by atoms with Crippen molar-refractivity contribution in [3.63, 3.8) is 0 Å². The summed E-state index contributed by atoms with van der Waals surface area (Å²) in [6.45, 7) is 7.95. The van der Waals surface area contributed by atoms with Crippen LogP contribution >= 0.6 is 0 Å². The van der Waals surface area contributed by atoms with Crippen LogP contribution in [0.1, 0.15) is 67.4 Å². The number of nitrogens with one attached hydrogen (secondary N) is 3. The summed E-state index contributed by atoms with van der Waals surface area (Å²) in [5.41, 5.74) is 5.29. The Morgan fingerprint density at radius 1 is 1.03 bits per heavy atom. The first kappa shape index (κ1) is 23.3. The molecular weight excluding hydrogens is 440 g/mol. The predicted molar refractivity (Wildman–Crippen MR) is 135 cm³/mol. The van der Waals surface area contributed by atoms with Crippen molar-refractivity contribution in [1.82, 2.24) is 25.3 Å². The molecule has 8 heteroatoms. The maximum atomic E-state index is 13.6. The summed E-state index contributed by atoms with van der Waals surface area (Å²) in [6, 6.07) is 9.01. The van der Waals surface area contributed by atoms with Gasteiger partial charge in [0.05, 0.1) is 5.69 Å². The summed E-state index contributed by atoms with van der Waals surface area (Å²) in [5.74, 6) is 0.779. The predicted octanol–water partition coefficient (Wildman–Crippen LogP) is 4.64. The highest BCUT2D eigenvalue weighted by Gasteiger charge is 2.48. The average molecular weight is 475 g/mol. The second-order valence-electron chi connectivity index (χ2n) is 10.3. The Morgan fingerprint density at radius 3 is 2.23 bits per heavy atom. The molecule has 2 aromatic heterocycles. The first-order valence-electron chi connectivity index (χ1n) is 12.6. The summed E-state index contributed by atoms with van der Waals surface area (Å²) < 4.78 is 1.70. The lowest BCUT2D eigenvalue weighted by Crippen LogP contribution is -2.50. The molecule has 2 saturated carbocycles. The molecule has 8 nitrogen and oxygen atoms in total. The van der Waals surface area contributed by atoms with Crippen LogP contribution in [0.15, 0.2) is 36.5 Å². The first-order chi connectivity index (χ1) is 16.8. The third kappa shape index (κ3) is 4.88. The Bertz CT molecular complexity index is 1190. The number of nitrogens with zero attached hydrogens (tertiary/aromatic N) is 3. The molecule has 2 aliphatic carbocycles. The third-order valence-electron chi connectivity index (χ3n) is 7.25. The molecule has 1 atom stereocenters. The number of anilines is 1. The number of amides is 2. The van der Waals surface area contributed by atoms with Gasteiger partial charge in [-0.3, -0.25) is 19.4 Å². The van der Waals surface area contributed by atoms with Crippen LogP contribution in [-0.4, -0.2) is 37.8 Å². The van der Waals surface area contributed by atoms with Crippen molar-refractivity contribution in [1.29, 1.82) is 0 Å². The van der Waals surface area contributed by atoms with Crippen LogP contribution in [0.25, 0.3) is 11.1 Å². The van der Waals surface area contributed by atoms with Crippen LogP contribution < -0.4 is 10.6 Å². The quantitative estimate of drug-likeness (QED) is 0.420. The monoisotopic (exact) mass is 474 g/mol. The Labute approximate surface area is 205 Å². The van der Waals surface area contributed by atoms with Gasteiger partial charge in [0, 0.05) is 29.2 Å². The topological polar surface area (TPSA) is 105 Å². The molecule has 0 bridgehead atoms. The number of rotatable bonds is 9. The fourth-order valence-electron chi connectivity index (χ4n) is 5.27. The summed E-state index contributed by atoms with van der Waals surface area (Å²) in [6.07, 6.45) is 6.14. The van der Waals surface area contributed by atoms with Crippen molar-refractivity contribution >= 4 is 17.5 Å². The molecule has 2 heterocycles. The van der Waals surface area contributed by atoms with Gasteiger partial charge in [0.2, 0.25) is 5.91 Å². The molecule has 35 heavy (non-hydrogen) atoms. The van der Waals surface area contributed by atoms with Gasteiger partial charge in [0.25, 0.3) is 5.91 Å². The molecule has 2 aliphatic rings. The van der Waals surface area contributed by atoms with E-state index in [1.165, 1.54) is 0 Å². The molecular formula is C27H34N6O2. The fraction of sp³-hybridized carbons (Fsp3) is 0.481. The highest BCUT2D eigenvalue weighted by molar-refractivity contribution is 6.01. The highest BCUT2D eigenvalue weighted by atomic mass is 16.2. The van der Waals surface area contributed by atoms with Gasteiger partial charge in [-0.2, -0.15) is 10.2 Å². The second kappa shape index (κ2) is 9.32. The van der Waals surface area contributed by atoms with E-state index >= 15 is 0 Å². The van der Waals surface area contributed by atoms with Gasteiger partial charge in [-0.15, -0.1) is 0 Å². The van der Waals surface area contributed by atoms with E-state index in [2.05, 4.69) is 25.9 Å². The molecule has 0 spiro atoms. The van der Waals surface area contributed by atoms with Crippen LogP contribution in [0.4, 0.5) is 5.69 Å². The minimum absolute atomic E-state index is 0.0571. The maximum Gasteiger partial charge on any atom is 0.270 e. The van der Waals surface area contributed by atoms with E-state index in [-0.39, 0.29) is 23.8 Å². The zero-order valence-corrected chi connectivity index (χ0v) is 20.8. The van der Waals surface area contributed by atoms with Crippen molar-refractivity contribution < 1.29 is 9.59 Å². The normalized spacial score (nSPS) is 16.5. The lowest BCUT2D eigenvalue weighted by Gasteiger charge is -2.28. The van der Waals surface area contributed by atoms with Crippen LogP contribution in [0.3, 0.4) is 0 Å². The van der Waals surface area contributed by atoms with Gasteiger partial charge in [-0.1, -0.05) is 12.1 Å². The molecule has 3 aromatic rings. The zero-order chi connectivity index (χ0) is 24.7. The van der Waals surface area contributed by atoms with Crippen LogP contribution in [-0.2, 0) is 4.79 Å². The molecule has 1 aromatic carbocycles. The fourth-order valence-corrected chi connectivity index (χ4v) is 5.27. The standard InChI is InChI=1S/C27H34N6O2/c1-15(2)33-22(13-14-28-33)26(34)30-25(24(19-5-6-19)20-7-8-20)27(35)29-21-11-9-18(10-12-21)23-16(3)31-32-17(23)4/h9-15,19-20,24-25H,5-8H2,1-4H3,(H,29,35)(H,30,34)(H,31,32). The largest absolute Gasteiger partial charge is 0.339 e. The van der Waals surface area contributed by atoms with Crippen molar-refractivity contribution in [3.8, 4) is 11.1 Å². The number of carbonyl (C=O) groups is 2. The molecule has 2 amide bonds. The summed E-state index contributed by atoms with van der Waals surface area (Å²) in [7, 11) is 0. The molecule has 0 saturated heterocycles. The number of H-pyrrole nitrogens is 1. The van der Waals surface area contributed by atoms with Gasteiger partial charge in [0.1, 0.15) is 11.7 Å². The molecule has 5 rings (SSSR count). The average Bonchev–Trinajstić information content (AvgIpc) is 3.76. The van der Waals surface area contributed by atoms with Crippen molar-refractivity contribution in [2.45, 2.75) is 65.5 Å². The van der Waals surface area contributed by atoms with Gasteiger partial charge in [-0.25, -0.2) is 0 Å². The molecule has 1 unspecified atom stereocenters. The lowest BCUT2D eigenvalue weighted by atomic mass is 9.88. The Morgan fingerprint density at radius 2 is 1.69 bits per heavy atom. The number of hydrogen-bond acceptors (Lipinski definition) is 4. The number of benzene rings is 1. The van der Waals surface area contributed by atoms with Crippen molar-refractivity contribution in [2.75, 3.05) is 5.32 Å². The number of aryl methyl sites for hydroxylation is 2. The Kier molecular flexibility index (Phi) is 6.21. The second-order valence-corrected chi connectivity index (χ2v) is 10.3. The highest BCUT2D eigenvalue weighted by Crippen LogP contribution is 2.51. The Balaban J connectivity index is 1.36. The molecule has 2 fully saturated rings. The number of carbonyl (C=O) groups excluding carboxylic acids is 2. The van der Waals surface area contributed by atoms with Crippen molar-refractivity contribution in [3.05, 3.63) is 53.6 Å². The van der Waals surface area contributed by atoms with Crippen LogP contribution in [0.2, 0.25) is 0 Å². The van der Waals surface area contributed by atoms with Gasteiger partial charge in [-0.05, 0) is 94.9 Å². The maximum absolute atomic E-state index is 13.6. The van der Waals surface area contributed by atoms with E-state index in [9.17, 15) is 9.59 Å². The Hall–Kier alpha value is -3.42. The van der Waals surface area contributed by atoms with E-state index in [0.29, 0.717) is 17.5 Å². The minimum atomic E-state index is -0.573. The minimum Gasteiger partial charge on any atom is -0.339 e. The summed E-state index contributed by atoms with van der Waals surface area (Å²) in [5, 5.41) is 17.8. The third-order valence-corrected chi connectivity index (χ3v) is 7.25. The van der Waals surface area contributed by atoms with E-state index < -0.39 is 6.04 Å². The molecule has 184 valence electrons. The van der Waals surface area contributed by atoms with Gasteiger partial charge in [0.15, 0.2) is 0 Å². The SMILES string of the molecule is Cc1n[nH]c(C)c1-c1ccc(NC(=O)C(NC(=O)c2ccnn2C(C)C)C(C2CC2)C2CC2)cc1. The van der Waals surface area contributed by atoms with E-state index in [0.717, 1.165) is 53.9 Å². The van der Waals surface area contributed by atoms with Crippen molar-refractivity contribution in [2.24, 2.45) is 17.8 Å². The smallest absolute Gasteiger partial charge is 0.270 e. The molecule has 3 N–H and O–H groups in total. The number of aromatic nitrogens is 4. The molecule has 0 aliphatic heterocycles. The summed E-state index contributed by atoms with van der Waals surface area (Å²) >= 11 is 0. The van der Waals surface area contributed by atoms with Gasteiger partial charge >= 0.3 is 0 Å². The van der Waals surface area contributed by atoms with Crippen LogP contribution in [0.5, 0.6) is 0 Å². The van der Waals surface area contributed by atoms with E-state index in [1.54, 1.807) is 16.9 Å². The summed E-state index contributed by atoms with van der Waals surface area (Å²) in [4.78, 5) is 26.9. The van der Waals surface area contributed by atoms with Gasteiger partial charge < -0.3 is 10.6 Å². The lowest BCUT2D eigenvalue weighted by molar-refractivity contribution is -0.119. The zero-order valence-electron chi connectivity index (χ0n) is 20.8. The van der Waals surface area contributed by atoms with Crippen LogP contribution in [0, 0.1) is 31.6 Å². The first-order valence-corrected chi connectivity index (χ1v) is 12.6. The molecule has 0 radical (unpaired) electrons. The number of hydrogen-bond donors (Lipinski definition) is 3. The number of aromatic amines is 1. The van der Waals surface area contributed by atoms with E-state index in [4.69, 9.17) is 0 Å².